The Morgan fingerprint density at radius 2 is 2.00 bits per heavy atom. The first-order valence-electron chi connectivity index (χ1n) is 8.09. The van der Waals surface area contributed by atoms with Crippen molar-refractivity contribution in [3.63, 3.8) is 0 Å². The average molecular weight is 325 g/mol. The van der Waals surface area contributed by atoms with E-state index in [-0.39, 0.29) is 12.4 Å². The molecule has 22 heavy (non-hydrogen) atoms. The fraction of sp³-hybridized carbons (Fsp3) is 0.611. The van der Waals surface area contributed by atoms with E-state index in [1.54, 1.807) is 0 Å². The first kappa shape index (κ1) is 19.0. The number of halogens is 1. The van der Waals surface area contributed by atoms with Gasteiger partial charge in [-0.2, -0.15) is 0 Å². The first-order valence-corrected chi connectivity index (χ1v) is 8.09. The van der Waals surface area contributed by atoms with Crippen LogP contribution in [0.3, 0.4) is 0 Å². The summed E-state index contributed by atoms with van der Waals surface area (Å²) in [5, 5.41) is 3.22. The summed E-state index contributed by atoms with van der Waals surface area (Å²) in [5.74, 6) is 1.73. The van der Waals surface area contributed by atoms with Crippen LogP contribution in [0.25, 0.3) is 0 Å². The van der Waals surface area contributed by atoms with Crippen LogP contribution >= 0.6 is 12.4 Å². The SMILES string of the molecule is CNCC1CCN(C(=O)CC(c2ccccc2)C(C)C)C1.Cl. The molecule has 0 bridgehead atoms. The van der Waals surface area contributed by atoms with Gasteiger partial charge in [-0.1, -0.05) is 44.2 Å². The molecule has 2 unspecified atom stereocenters. The molecule has 1 aliphatic rings. The lowest BCUT2D eigenvalue weighted by atomic mass is 9.85. The zero-order valence-electron chi connectivity index (χ0n) is 13.9. The third-order valence-electron chi connectivity index (χ3n) is 4.56. The van der Waals surface area contributed by atoms with Gasteiger partial charge in [-0.3, -0.25) is 4.79 Å². The second kappa shape index (κ2) is 9.16. The van der Waals surface area contributed by atoms with Crippen molar-refractivity contribution in [1.82, 2.24) is 10.2 Å². The molecule has 1 amide bonds. The minimum atomic E-state index is 0. The zero-order chi connectivity index (χ0) is 15.2. The van der Waals surface area contributed by atoms with E-state index in [2.05, 4.69) is 48.3 Å². The third-order valence-corrected chi connectivity index (χ3v) is 4.56. The van der Waals surface area contributed by atoms with Crippen LogP contribution in [0, 0.1) is 11.8 Å². The maximum Gasteiger partial charge on any atom is 0.223 e. The van der Waals surface area contributed by atoms with Gasteiger partial charge < -0.3 is 10.2 Å². The molecule has 1 heterocycles. The standard InChI is InChI=1S/C18H28N2O.ClH/c1-14(2)17(16-7-5-4-6-8-16)11-18(21)20-10-9-15(13-20)12-19-3;/h4-8,14-15,17,19H,9-13H2,1-3H3;1H. The number of nitrogens with zero attached hydrogens (tertiary/aromatic N) is 1. The minimum Gasteiger partial charge on any atom is -0.342 e. The van der Waals surface area contributed by atoms with Gasteiger partial charge in [0.2, 0.25) is 5.91 Å². The van der Waals surface area contributed by atoms with E-state index in [4.69, 9.17) is 0 Å². The maximum absolute atomic E-state index is 12.6. The number of nitrogens with one attached hydrogen (secondary N) is 1. The molecule has 1 aliphatic heterocycles. The Balaban J connectivity index is 0.00000242. The summed E-state index contributed by atoms with van der Waals surface area (Å²) in [5.41, 5.74) is 1.28. The van der Waals surface area contributed by atoms with Crippen molar-refractivity contribution in [3.8, 4) is 0 Å². The highest BCUT2D eigenvalue weighted by atomic mass is 35.5. The van der Waals surface area contributed by atoms with Gasteiger partial charge in [0.1, 0.15) is 0 Å². The van der Waals surface area contributed by atoms with Gasteiger partial charge >= 0.3 is 0 Å². The highest BCUT2D eigenvalue weighted by Crippen LogP contribution is 2.29. The molecule has 124 valence electrons. The van der Waals surface area contributed by atoms with Gasteiger partial charge in [-0.25, -0.2) is 0 Å². The average Bonchev–Trinajstić information content (AvgIpc) is 2.94. The van der Waals surface area contributed by atoms with E-state index in [1.807, 2.05) is 13.1 Å². The van der Waals surface area contributed by atoms with Gasteiger partial charge in [0.25, 0.3) is 0 Å². The molecule has 0 saturated carbocycles. The summed E-state index contributed by atoms with van der Waals surface area (Å²) >= 11 is 0. The lowest BCUT2D eigenvalue weighted by molar-refractivity contribution is -0.130. The Bertz CT molecular complexity index is 450. The third kappa shape index (κ3) is 4.99. The number of carbonyl (C=O) groups is 1. The second-order valence-corrected chi connectivity index (χ2v) is 6.52. The van der Waals surface area contributed by atoms with E-state index in [0.29, 0.717) is 30.1 Å². The summed E-state index contributed by atoms with van der Waals surface area (Å²) in [4.78, 5) is 14.6. The Morgan fingerprint density at radius 3 is 2.59 bits per heavy atom. The molecule has 0 spiro atoms. The highest BCUT2D eigenvalue weighted by Gasteiger charge is 2.28. The number of benzene rings is 1. The molecule has 0 radical (unpaired) electrons. The van der Waals surface area contributed by atoms with Crippen LogP contribution in [0.2, 0.25) is 0 Å². The largest absolute Gasteiger partial charge is 0.342 e. The Kier molecular flexibility index (Phi) is 7.91. The van der Waals surface area contributed by atoms with Crippen molar-refractivity contribution >= 4 is 18.3 Å². The van der Waals surface area contributed by atoms with E-state index in [9.17, 15) is 4.79 Å². The smallest absolute Gasteiger partial charge is 0.223 e. The van der Waals surface area contributed by atoms with E-state index < -0.39 is 0 Å². The summed E-state index contributed by atoms with van der Waals surface area (Å²) in [6, 6.07) is 10.4. The molecule has 1 aromatic rings. The molecule has 0 aromatic heterocycles. The predicted octanol–water partition coefficient (Wildman–Crippen LogP) is 3.31. The van der Waals surface area contributed by atoms with Gasteiger partial charge in [-0.05, 0) is 43.3 Å². The Morgan fingerprint density at radius 1 is 1.32 bits per heavy atom. The van der Waals surface area contributed by atoms with Crippen molar-refractivity contribution in [2.75, 3.05) is 26.7 Å². The first-order chi connectivity index (χ1) is 10.1. The summed E-state index contributed by atoms with van der Waals surface area (Å²) in [6.45, 7) is 7.26. The zero-order valence-corrected chi connectivity index (χ0v) is 14.7. The molecular formula is C18H29ClN2O. The summed E-state index contributed by atoms with van der Waals surface area (Å²) < 4.78 is 0. The molecule has 2 rings (SSSR count). The number of hydrogen-bond acceptors (Lipinski definition) is 2. The number of amides is 1. The van der Waals surface area contributed by atoms with Crippen molar-refractivity contribution in [1.29, 1.82) is 0 Å². The van der Waals surface area contributed by atoms with Crippen molar-refractivity contribution < 1.29 is 4.79 Å². The van der Waals surface area contributed by atoms with Crippen LogP contribution in [0.4, 0.5) is 0 Å². The number of likely N-dealkylation sites (tertiary alicyclic amines) is 1. The predicted molar refractivity (Wildman–Crippen MR) is 94.5 cm³/mol. The van der Waals surface area contributed by atoms with Gasteiger partial charge in [-0.15, -0.1) is 12.4 Å². The van der Waals surface area contributed by atoms with Crippen molar-refractivity contribution in [2.45, 2.75) is 32.6 Å². The molecular weight excluding hydrogens is 296 g/mol. The quantitative estimate of drug-likeness (QED) is 0.870. The van der Waals surface area contributed by atoms with Crippen molar-refractivity contribution in [3.05, 3.63) is 35.9 Å². The molecule has 0 aliphatic carbocycles. The Labute approximate surface area is 140 Å². The lowest BCUT2D eigenvalue weighted by Crippen LogP contribution is -2.32. The maximum atomic E-state index is 12.6. The fourth-order valence-corrected chi connectivity index (χ4v) is 3.27. The topological polar surface area (TPSA) is 32.3 Å². The van der Waals surface area contributed by atoms with E-state index in [1.165, 1.54) is 5.56 Å². The monoisotopic (exact) mass is 324 g/mol. The van der Waals surface area contributed by atoms with Crippen LogP contribution in [-0.4, -0.2) is 37.5 Å². The van der Waals surface area contributed by atoms with Crippen LogP contribution < -0.4 is 5.32 Å². The van der Waals surface area contributed by atoms with Crippen LogP contribution in [0.1, 0.15) is 38.2 Å². The molecule has 1 fully saturated rings. The molecule has 1 aromatic carbocycles. The fourth-order valence-electron chi connectivity index (χ4n) is 3.27. The van der Waals surface area contributed by atoms with Crippen LogP contribution in [0.5, 0.6) is 0 Å². The molecule has 3 nitrogen and oxygen atoms in total. The summed E-state index contributed by atoms with van der Waals surface area (Å²) in [6.07, 6.45) is 1.76. The van der Waals surface area contributed by atoms with Crippen molar-refractivity contribution in [2.24, 2.45) is 11.8 Å². The normalized spacial score (nSPS) is 19.1. The van der Waals surface area contributed by atoms with E-state index in [0.717, 1.165) is 26.1 Å². The Hall–Kier alpha value is -1.06. The molecule has 1 N–H and O–H groups in total. The highest BCUT2D eigenvalue weighted by molar-refractivity contribution is 5.85. The van der Waals surface area contributed by atoms with Gasteiger partial charge in [0, 0.05) is 19.5 Å². The molecule has 2 atom stereocenters. The van der Waals surface area contributed by atoms with Crippen LogP contribution in [-0.2, 0) is 4.79 Å². The van der Waals surface area contributed by atoms with Crippen LogP contribution in [0.15, 0.2) is 30.3 Å². The van der Waals surface area contributed by atoms with Gasteiger partial charge in [0.15, 0.2) is 0 Å². The lowest BCUT2D eigenvalue weighted by Gasteiger charge is -2.24. The number of rotatable bonds is 6. The molecule has 4 heteroatoms. The second-order valence-electron chi connectivity index (χ2n) is 6.52. The van der Waals surface area contributed by atoms with Gasteiger partial charge in [0.05, 0.1) is 0 Å². The number of hydrogen-bond donors (Lipinski definition) is 1. The molecule has 1 saturated heterocycles. The number of carbonyl (C=O) groups excluding carboxylic acids is 1. The minimum absolute atomic E-state index is 0. The summed E-state index contributed by atoms with van der Waals surface area (Å²) in [7, 11) is 1.98. The van der Waals surface area contributed by atoms with E-state index >= 15 is 0 Å².